The van der Waals surface area contributed by atoms with Crippen LogP contribution in [-0.4, -0.2) is 4.98 Å². The Balaban J connectivity index is 2.46. The van der Waals surface area contributed by atoms with E-state index in [1.807, 2.05) is 0 Å². The van der Waals surface area contributed by atoms with Gasteiger partial charge in [0.25, 0.3) is 0 Å². The van der Waals surface area contributed by atoms with Gasteiger partial charge in [-0.25, -0.2) is 0 Å². The number of benzene rings is 1. The van der Waals surface area contributed by atoms with Gasteiger partial charge in [-0.1, -0.05) is 24.3 Å². The summed E-state index contributed by atoms with van der Waals surface area (Å²) in [6.45, 7) is 0. The molecule has 0 radical (unpaired) electrons. The van der Waals surface area contributed by atoms with E-state index in [4.69, 9.17) is 5.73 Å². The van der Waals surface area contributed by atoms with Crippen molar-refractivity contribution in [1.82, 2.24) is 4.98 Å². The minimum atomic E-state index is -4.41. The van der Waals surface area contributed by atoms with Crippen molar-refractivity contribution in [2.24, 2.45) is 5.73 Å². The molecule has 1 aromatic heterocycles. The standard InChI is InChI=1S/C13H11F3N2/c14-13(15,16)11-6-2-1-5-10(11)12(17)9-4-3-7-18-8-9/h1-8,12H,17H2. The molecule has 0 saturated carbocycles. The molecule has 5 heteroatoms. The van der Waals surface area contributed by atoms with Crippen molar-refractivity contribution in [3.8, 4) is 0 Å². The topological polar surface area (TPSA) is 38.9 Å². The molecule has 0 bridgehead atoms. The van der Waals surface area contributed by atoms with E-state index in [1.54, 1.807) is 24.4 Å². The minimum Gasteiger partial charge on any atom is -0.320 e. The number of hydrogen-bond donors (Lipinski definition) is 1. The predicted molar refractivity (Wildman–Crippen MR) is 61.7 cm³/mol. The lowest BCUT2D eigenvalue weighted by Crippen LogP contribution is -2.18. The molecule has 1 unspecified atom stereocenters. The van der Waals surface area contributed by atoms with Crippen LogP contribution in [0, 0.1) is 0 Å². The molecular formula is C13H11F3N2. The van der Waals surface area contributed by atoms with Crippen molar-refractivity contribution in [2.45, 2.75) is 12.2 Å². The van der Waals surface area contributed by atoms with Crippen LogP contribution in [0.1, 0.15) is 22.7 Å². The van der Waals surface area contributed by atoms with Crippen molar-refractivity contribution in [2.75, 3.05) is 0 Å². The van der Waals surface area contributed by atoms with Crippen molar-refractivity contribution >= 4 is 0 Å². The summed E-state index contributed by atoms with van der Waals surface area (Å²) in [5, 5.41) is 0. The molecular weight excluding hydrogens is 241 g/mol. The first kappa shape index (κ1) is 12.6. The highest BCUT2D eigenvalue weighted by Crippen LogP contribution is 2.35. The van der Waals surface area contributed by atoms with Crippen LogP contribution < -0.4 is 5.73 Å². The van der Waals surface area contributed by atoms with E-state index in [2.05, 4.69) is 4.98 Å². The lowest BCUT2D eigenvalue weighted by atomic mass is 9.96. The molecule has 1 heterocycles. The number of hydrogen-bond acceptors (Lipinski definition) is 2. The van der Waals surface area contributed by atoms with Gasteiger partial charge in [0.2, 0.25) is 0 Å². The summed E-state index contributed by atoms with van der Waals surface area (Å²) < 4.78 is 38.6. The van der Waals surface area contributed by atoms with Crippen LogP contribution in [0.2, 0.25) is 0 Å². The van der Waals surface area contributed by atoms with Crippen LogP contribution in [0.5, 0.6) is 0 Å². The molecule has 0 saturated heterocycles. The van der Waals surface area contributed by atoms with Crippen LogP contribution in [0.15, 0.2) is 48.8 Å². The van der Waals surface area contributed by atoms with E-state index in [0.717, 1.165) is 6.07 Å². The molecule has 1 atom stereocenters. The van der Waals surface area contributed by atoms with Crippen molar-refractivity contribution in [1.29, 1.82) is 0 Å². The largest absolute Gasteiger partial charge is 0.416 e. The van der Waals surface area contributed by atoms with Crippen LogP contribution in [0.4, 0.5) is 13.2 Å². The van der Waals surface area contributed by atoms with Gasteiger partial charge in [0.1, 0.15) is 0 Å². The molecule has 94 valence electrons. The van der Waals surface area contributed by atoms with E-state index in [1.165, 1.54) is 18.3 Å². The zero-order valence-corrected chi connectivity index (χ0v) is 9.35. The van der Waals surface area contributed by atoms with Crippen molar-refractivity contribution < 1.29 is 13.2 Å². The number of nitrogens with two attached hydrogens (primary N) is 1. The Morgan fingerprint density at radius 3 is 2.39 bits per heavy atom. The molecule has 18 heavy (non-hydrogen) atoms. The molecule has 0 aliphatic carbocycles. The zero-order chi connectivity index (χ0) is 13.2. The average Bonchev–Trinajstić information content (AvgIpc) is 2.38. The van der Waals surface area contributed by atoms with Gasteiger partial charge in [-0.2, -0.15) is 13.2 Å². The fourth-order valence-corrected chi connectivity index (χ4v) is 1.77. The lowest BCUT2D eigenvalue weighted by molar-refractivity contribution is -0.138. The van der Waals surface area contributed by atoms with Crippen LogP contribution in [0.25, 0.3) is 0 Å². The number of rotatable bonds is 2. The zero-order valence-electron chi connectivity index (χ0n) is 9.35. The Hall–Kier alpha value is -1.88. The molecule has 0 spiro atoms. The van der Waals surface area contributed by atoms with Gasteiger partial charge in [-0.15, -0.1) is 0 Å². The van der Waals surface area contributed by atoms with Crippen LogP contribution >= 0.6 is 0 Å². The second kappa shape index (κ2) is 4.78. The third kappa shape index (κ3) is 2.51. The van der Waals surface area contributed by atoms with Crippen molar-refractivity contribution in [3.05, 3.63) is 65.5 Å². The Kier molecular flexibility index (Phi) is 3.34. The highest BCUT2D eigenvalue weighted by Gasteiger charge is 2.34. The summed E-state index contributed by atoms with van der Waals surface area (Å²) in [5.41, 5.74) is 5.77. The van der Waals surface area contributed by atoms with E-state index in [0.29, 0.717) is 5.56 Å². The van der Waals surface area contributed by atoms with E-state index in [-0.39, 0.29) is 5.56 Å². The Morgan fingerprint density at radius 2 is 1.78 bits per heavy atom. The summed E-state index contributed by atoms with van der Waals surface area (Å²) in [7, 11) is 0. The quantitative estimate of drug-likeness (QED) is 0.891. The number of pyridine rings is 1. The highest BCUT2D eigenvalue weighted by molar-refractivity contribution is 5.37. The second-order valence-electron chi connectivity index (χ2n) is 3.85. The second-order valence-corrected chi connectivity index (χ2v) is 3.85. The number of nitrogens with zero attached hydrogens (tertiary/aromatic N) is 1. The molecule has 2 N–H and O–H groups in total. The van der Waals surface area contributed by atoms with E-state index >= 15 is 0 Å². The molecule has 0 fully saturated rings. The van der Waals surface area contributed by atoms with Gasteiger partial charge in [-0.05, 0) is 23.3 Å². The molecule has 0 aliphatic rings. The van der Waals surface area contributed by atoms with E-state index in [9.17, 15) is 13.2 Å². The Morgan fingerprint density at radius 1 is 1.06 bits per heavy atom. The summed E-state index contributed by atoms with van der Waals surface area (Å²) in [6, 6.07) is 7.78. The first-order chi connectivity index (χ1) is 8.50. The maximum Gasteiger partial charge on any atom is 0.416 e. The third-order valence-electron chi connectivity index (χ3n) is 2.64. The van der Waals surface area contributed by atoms with Gasteiger partial charge in [0.15, 0.2) is 0 Å². The number of halogens is 3. The molecule has 1 aromatic carbocycles. The first-order valence-electron chi connectivity index (χ1n) is 5.32. The van der Waals surface area contributed by atoms with Gasteiger partial charge < -0.3 is 5.73 Å². The number of alkyl halides is 3. The van der Waals surface area contributed by atoms with Gasteiger partial charge in [-0.3, -0.25) is 4.98 Å². The minimum absolute atomic E-state index is 0.0537. The fraction of sp³-hybridized carbons (Fsp3) is 0.154. The van der Waals surface area contributed by atoms with Gasteiger partial charge >= 0.3 is 6.18 Å². The molecule has 2 rings (SSSR count). The monoisotopic (exact) mass is 252 g/mol. The summed E-state index contributed by atoms with van der Waals surface area (Å²) in [5.74, 6) is 0. The lowest BCUT2D eigenvalue weighted by Gasteiger charge is -2.18. The smallest absolute Gasteiger partial charge is 0.320 e. The third-order valence-corrected chi connectivity index (χ3v) is 2.64. The summed E-state index contributed by atoms with van der Waals surface area (Å²) >= 11 is 0. The summed E-state index contributed by atoms with van der Waals surface area (Å²) in [6.07, 6.45) is -1.39. The van der Waals surface area contributed by atoms with Gasteiger partial charge in [0.05, 0.1) is 11.6 Å². The maximum atomic E-state index is 12.9. The summed E-state index contributed by atoms with van der Waals surface area (Å²) in [4.78, 5) is 3.86. The predicted octanol–water partition coefficient (Wildman–Crippen LogP) is 3.15. The molecule has 2 nitrogen and oxygen atoms in total. The maximum absolute atomic E-state index is 12.9. The Bertz CT molecular complexity index is 523. The molecule has 2 aromatic rings. The fourth-order valence-electron chi connectivity index (χ4n) is 1.77. The average molecular weight is 252 g/mol. The first-order valence-corrected chi connectivity index (χ1v) is 5.32. The molecule has 0 amide bonds. The van der Waals surface area contributed by atoms with Crippen LogP contribution in [0.3, 0.4) is 0 Å². The van der Waals surface area contributed by atoms with Gasteiger partial charge in [0, 0.05) is 12.4 Å². The SMILES string of the molecule is NC(c1cccnc1)c1ccccc1C(F)(F)F. The van der Waals surface area contributed by atoms with E-state index < -0.39 is 17.8 Å². The van der Waals surface area contributed by atoms with Crippen molar-refractivity contribution in [3.63, 3.8) is 0 Å². The normalized spacial score (nSPS) is 13.3. The Labute approximate surface area is 102 Å². The number of aromatic nitrogens is 1. The molecule has 0 aliphatic heterocycles. The van der Waals surface area contributed by atoms with Crippen LogP contribution in [-0.2, 0) is 6.18 Å². The highest BCUT2D eigenvalue weighted by atomic mass is 19.4.